The third kappa shape index (κ3) is 3.18. The molecule has 116 valence electrons. The molecule has 0 aliphatic rings. The number of aliphatic carboxylic acids is 1. The summed E-state index contributed by atoms with van der Waals surface area (Å²) in [6, 6.07) is 9.57. The highest BCUT2D eigenvalue weighted by atomic mass is 35.5. The van der Waals surface area contributed by atoms with Crippen molar-refractivity contribution in [2.24, 2.45) is 0 Å². The topological polar surface area (TPSA) is 71.7 Å². The van der Waals surface area contributed by atoms with E-state index in [0.29, 0.717) is 16.3 Å². The molecule has 1 aromatic carbocycles. The zero-order valence-corrected chi connectivity index (χ0v) is 13.3. The molecule has 0 saturated carbocycles. The van der Waals surface area contributed by atoms with Crippen molar-refractivity contribution < 1.29 is 9.90 Å². The summed E-state index contributed by atoms with van der Waals surface area (Å²) in [5.41, 5.74) is 1.24. The van der Waals surface area contributed by atoms with Crippen LogP contribution in [-0.2, 0) is 11.2 Å². The molecular formula is C16H11ClN2O3S. The zero-order chi connectivity index (χ0) is 16.4. The number of carboxylic acid groups (broad SMARTS) is 1. The lowest BCUT2D eigenvalue weighted by molar-refractivity contribution is -0.136. The lowest BCUT2D eigenvalue weighted by atomic mass is 10.2. The highest BCUT2D eigenvalue weighted by molar-refractivity contribution is 7.15. The Morgan fingerprint density at radius 2 is 2.04 bits per heavy atom. The monoisotopic (exact) mass is 346 g/mol. The van der Waals surface area contributed by atoms with Crippen LogP contribution in [0.5, 0.6) is 0 Å². The first-order valence-corrected chi connectivity index (χ1v) is 7.95. The van der Waals surface area contributed by atoms with Crippen molar-refractivity contribution in [1.82, 2.24) is 9.38 Å². The summed E-state index contributed by atoms with van der Waals surface area (Å²) in [4.78, 5) is 28.0. The standard InChI is InChI=1S/C16H11ClN2O3S/c17-14-12(7-6-10-4-2-1-3-5-10)18-16-19(15(14)22)11(9-23-16)8-13(20)21/h1-7,9H,8H2,(H,20,21)/b7-6+. The molecule has 0 aliphatic heterocycles. The number of hydrogen-bond acceptors (Lipinski definition) is 4. The molecule has 1 N–H and O–H groups in total. The fourth-order valence-electron chi connectivity index (χ4n) is 2.13. The van der Waals surface area contributed by atoms with Crippen LogP contribution in [0.2, 0.25) is 5.02 Å². The Bertz CT molecular complexity index is 961. The predicted octanol–water partition coefficient (Wildman–Crippen LogP) is 3.21. The average molecular weight is 347 g/mol. The SMILES string of the molecule is O=C(O)Cc1csc2nc(/C=C/c3ccccc3)c(Cl)c(=O)n12. The number of nitrogens with zero attached hydrogens (tertiary/aromatic N) is 2. The van der Waals surface area contributed by atoms with Gasteiger partial charge in [0.15, 0.2) is 4.96 Å². The summed E-state index contributed by atoms with van der Waals surface area (Å²) in [6.07, 6.45) is 3.24. The summed E-state index contributed by atoms with van der Waals surface area (Å²) >= 11 is 7.32. The third-order valence-corrected chi connectivity index (χ3v) is 4.41. The molecule has 2 aromatic heterocycles. The van der Waals surface area contributed by atoms with E-state index in [4.69, 9.17) is 16.7 Å². The Labute approximate surface area is 140 Å². The summed E-state index contributed by atoms with van der Waals surface area (Å²) < 4.78 is 1.25. The predicted molar refractivity (Wildman–Crippen MR) is 91.1 cm³/mol. The summed E-state index contributed by atoms with van der Waals surface area (Å²) in [6.45, 7) is 0. The molecule has 0 spiro atoms. The minimum Gasteiger partial charge on any atom is -0.481 e. The van der Waals surface area contributed by atoms with Gasteiger partial charge in [-0.3, -0.25) is 14.0 Å². The van der Waals surface area contributed by atoms with E-state index in [-0.39, 0.29) is 11.4 Å². The molecule has 0 bridgehead atoms. The van der Waals surface area contributed by atoms with E-state index in [1.807, 2.05) is 36.4 Å². The molecule has 0 unspecified atom stereocenters. The lowest BCUT2D eigenvalue weighted by Crippen LogP contribution is -2.19. The largest absolute Gasteiger partial charge is 0.481 e. The number of benzene rings is 1. The summed E-state index contributed by atoms with van der Waals surface area (Å²) in [5, 5.41) is 10.5. The highest BCUT2D eigenvalue weighted by Gasteiger charge is 2.15. The second-order valence-electron chi connectivity index (χ2n) is 4.78. The number of carbonyl (C=O) groups is 1. The van der Waals surface area contributed by atoms with Crippen LogP contribution in [-0.4, -0.2) is 20.5 Å². The minimum absolute atomic E-state index is 0.0280. The van der Waals surface area contributed by atoms with Crippen LogP contribution in [0.4, 0.5) is 0 Å². The van der Waals surface area contributed by atoms with Gasteiger partial charge in [-0.2, -0.15) is 0 Å². The molecular weight excluding hydrogens is 336 g/mol. The van der Waals surface area contributed by atoms with Gasteiger partial charge in [0.25, 0.3) is 5.56 Å². The van der Waals surface area contributed by atoms with Gasteiger partial charge in [0.2, 0.25) is 0 Å². The Balaban J connectivity index is 2.07. The number of fused-ring (bicyclic) bond motifs is 1. The van der Waals surface area contributed by atoms with Gasteiger partial charge in [-0.15, -0.1) is 11.3 Å². The maximum atomic E-state index is 12.4. The maximum absolute atomic E-state index is 12.4. The van der Waals surface area contributed by atoms with Crippen molar-refractivity contribution in [1.29, 1.82) is 0 Å². The van der Waals surface area contributed by atoms with Crippen molar-refractivity contribution in [3.8, 4) is 0 Å². The van der Waals surface area contributed by atoms with E-state index in [1.54, 1.807) is 11.5 Å². The maximum Gasteiger partial charge on any atom is 0.309 e. The van der Waals surface area contributed by atoms with Crippen molar-refractivity contribution in [2.75, 3.05) is 0 Å². The number of carboxylic acids is 1. The zero-order valence-electron chi connectivity index (χ0n) is 11.8. The van der Waals surface area contributed by atoms with Crippen LogP contribution < -0.4 is 5.56 Å². The third-order valence-electron chi connectivity index (χ3n) is 3.18. The van der Waals surface area contributed by atoms with Crippen LogP contribution in [0, 0.1) is 0 Å². The van der Waals surface area contributed by atoms with Gasteiger partial charge in [0.05, 0.1) is 12.1 Å². The molecule has 3 aromatic rings. The number of halogens is 1. The summed E-state index contributed by atoms with van der Waals surface area (Å²) in [7, 11) is 0. The van der Waals surface area contributed by atoms with Crippen LogP contribution in [0.25, 0.3) is 17.1 Å². The number of hydrogen-bond donors (Lipinski definition) is 1. The molecule has 0 amide bonds. The molecule has 0 radical (unpaired) electrons. The van der Waals surface area contributed by atoms with Gasteiger partial charge < -0.3 is 5.11 Å². The Morgan fingerprint density at radius 1 is 1.30 bits per heavy atom. The van der Waals surface area contributed by atoms with Crippen molar-refractivity contribution in [2.45, 2.75) is 6.42 Å². The average Bonchev–Trinajstić information content (AvgIpc) is 2.92. The Hall–Kier alpha value is -2.44. The van der Waals surface area contributed by atoms with E-state index in [2.05, 4.69) is 4.98 Å². The first-order chi connectivity index (χ1) is 11.1. The van der Waals surface area contributed by atoms with E-state index in [9.17, 15) is 9.59 Å². The second kappa shape index (κ2) is 6.36. The number of thiazole rings is 1. The van der Waals surface area contributed by atoms with Crippen molar-refractivity contribution >= 4 is 46.0 Å². The minimum atomic E-state index is -1.01. The first kappa shape index (κ1) is 15.5. The smallest absolute Gasteiger partial charge is 0.309 e. The molecule has 23 heavy (non-hydrogen) atoms. The fourth-order valence-corrected chi connectivity index (χ4v) is 3.20. The van der Waals surface area contributed by atoms with Crippen LogP contribution in [0.15, 0.2) is 40.5 Å². The quantitative estimate of drug-likeness (QED) is 0.787. The number of aromatic nitrogens is 2. The molecule has 0 saturated heterocycles. The van der Waals surface area contributed by atoms with Crippen LogP contribution in [0.3, 0.4) is 0 Å². The highest BCUT2D eigenvalue weighted by Crippen LogP contribution is 2.19. The van der Waals surface area contributed by atoms with E-state index in [0.717, 1.165) is 5.56 Å². The molecule has 3 rings (SSSR count). The molecule has 0 aliphatic carbocycles. The first-order valence-electron chi connectivity index (χ1n) is 6.70. The van der Waals surface area contributed by atoms with Gasteiger partial charge in [-0.1, -0.05) is 48.0 Å². The van der Waals surface area contributed by atoms with Gasteiger partial charge in [0, 0.05) is 11.1 Å². The Morgan fingerprint density at radius 3 is 2.74 bits per heavy atom. The summed E-state index contributed by atoms with van der Waals surface area (Å²) in [5.74, 6) is -1.01. The number of rotatable bonds is 4. The molecule has 7 heteroatoms. The van der Waals surface area contributed by atoms with Gasteiger partial charge >= 0.3 is 5.97 Å². The van der Waals surface area contributed by atoms with Gasteiger partial charge in [-0.25, -0.2) is 4.98 Å². The van der Waals surface area contributed by atoms with Crippen molar-refractivity contribution in [3.05, 3.63) is 68.0 Å². The van der Waals surface area contributed by atoms with E-state index in [1.165, 1.54) is 15.7 Å². The fraction of sp³-hybridized carbons (Fsp3) is 0.0625. The van der Waals surface area contributed by atoms with Gasteiger partial charge in [0.1, 0.15) is 5.02 Å². The normalized spacial score (nSPS) is 11.3. The van der Waals surface area contributed by atoms with E-state index < -0.39 is 11.5 Å². The lowest BCUT2D eigenvalue weighted by Gasteiger charge is -2.02. The van der Waals surface area contributed by atoms with E-state index >= 15 is 0 Å². The molecule has 0 fully saturated rings. The van der Waals surface area contributed by atoms with Crippen molar-refractivity contribution in [3.63, 3.8) is 0 Å². The Kier molecular flexibility index (Phi) is 4.27. The van der Waals surface area contributed by atoms with Gasteiger partial charge in [-0.05, 0) is 11.6 Å². The van der Waals surface area contributed by atoms with Crippen LogP contribution >= 0.6 is 22.9 Å². The van der Waals surface area contributed by atoms with Crippen LogP contribution in [0.1, 0.15) is 17.0 Å². The molecule has 0 atom stereocenters. The molecule has 5 nitrogen and oxygen atoms in total. The second-order valence-corrected chi connectivity index (χ2v) is 5.99. The molecule has 2 heterocycles.